The zero-order valence-electron chi connectivity index (χ0n) is 19.6. The molecule has 0 unspecified atom stereocenters. The summed E-state index contributed by atoms with van der Waals surface area (Å²) in [5, 5.41) is 15.5. The average Bonchev–Trinajstić information content (AvgIpc) is 3.22. The Hall–Kier alpha value is -3.73. The monoisotopic (exact) mass is 482 g/mol. The van der Waals surface area contributed by atoms with E-state index in [0.717, 1.165) is 30.0 Å². The Balaban J connectivity index is 1.46. The lowest BCUT2D eigenvalue weighted by Crippen LogP contribution is -2.25. The number of hydrogen-bond acceptors (Lipinski definition) is 9. The average molecular weight is 483 g/mol. The highest BCUT2D eigenvalue weighted by Gasteiger charge is 2.12. The van der Waals surface area contributed by atoms with E-state index in [0.29, 0.717) is 11.7 Å². The molecule has 1 heterocycles. The summed E-state index contributed by atoms with van der Waals surface area (Å²) in [6.45, 7) is 6.61. The number of rotatable bonds is 12. The standard InChI is InChI=1S/C23H30N8O2S/c1-4-30(5-2)19-10-6-18(7-11-19)15-26-27-22-28-29-23(31(22)24)34-16-21(32)25-14-17-8-12-20(33-3)13-9-17/h6-13,15H,4-5,14,16,24H2,1-3H3,(H,25,32)(H,27,28)/b26-15+. The molecule has 0 bridgehead atoms. The van der Waals surface area contributed by atoms with Gasteiger partial charge in [-0.1, -0.05) is 36.0 Å². The van der Waals surface area contributed by atoms with Crippen LogP contribution < -0.4 is 26.2 Å². The number of carbonyl (C=O) groups is 1. The molecule has 0 aliphatic carbocycles. The molecule has 0 spiro atoms. The molecule has 180 valence electrons. The first-order valence-corrected chi connectivity index (χ1v) is 11.9. The molecule has 1 aromatic heterocycles. The summed E-state index contributed by atoms with van der Waals surface area (Å²) in [5.41, 5.74) is 5.88. The van der Waals surface area contributed by atoms with Gasteiger partial charge in [-0.05, 0) is 49.2 Å². The topological polar surface area (TPSA) is 123 Å². The highest BCUT2D eigenvalue weighted by molar-refractivity contribution is 7.99. The number of amides is 1. The van der Waals surface area contributed by atoms with Gasteiger partial charge in [0.15, 0.2) is 0 Å². The molecule has 1 amide bonds. The van der Waals surface area contributed by atoms with Gasteiger partial charge in [0.2, 0.25) is 11.1 Å². The maximum atomic E-state index is 12.2. The van der Waals surface area contributed by atoms with Crippen LogP contribution in [-0.2, 0) is 11.3 Å². The molecule has 11 heteroatoms. The van der Waals surface area contributed by atoms with E-state index in [2.05, 4.69) is 56.9 Å². The number of nitrogens with one attached hydrogen (secondary N) is 2. The van der Waals surface area contributed by atoms with Crippen LogP contribution in [0.2, 0.25) is 0 Å². The first kappa shape index (κ1) is 24.9. The molecular formula is C23H30N8O2S. The fraction of sp³-hybridized carbons (Fsp3) is 0.304. The van der Waals surface area contributed by atoms with Crippen LogP contribution in [0.25, 0.3) is 0 Å². The van der Waals surface area contributed by atoms with Crippen molar-refractivity contribution in [2.45, 2.75) is 25.5 Å². The van der Waals surface area contributed by atoms with E-state index in [1.54, 1.807) is 13.3 Å². The van der Waals surface area contributed by atoms with Crippen molar-refractivity contribution in [3.8, 4) is 5.75 Å². The lowest BCUT2D eigenvalue weighted by Gasteiger charge is -2.20. The van der Waals surface area contributed by atoms with Crippen molar-refractivity contribution in [1.29, 1.82) is 0 Å². The minimum absolute atomic E-state index is 0.135. The van der Waals surface area contributed by atoms with Crippen LogP contribution in [0.4, 0.5) is 11.6 Å². The number of ether oxygens (including phenoxy) is 1. The van der Waals surface area contributed by atoms with E-state index >= 15 is 0 Å². The number of aromatic nitrogens is 3. The minimum atomic E-state index is -0.135. The third-order valence-electron chi connectivity index (χ3n) is 5.05. The summed E-state index contributed by atoms with van der Waals surface area (Å²) in [4.78, 5) is 14.4. The summed E-state index contributed by atoms with van der Waals surface area (Å²) in [7, 11) is 1.61. The number of anilines is 2. The van der Waals surface area contributed by atoms with E-state index in [4.69, 9.17) is 10.6 Å². The molecule has 2 aromatic carbocycles. The molecule has 34 heavy (non-hydrogen) atoms. The third kappa shape index (κ3) is 6.88. The van der Waals surface area contributed by atoms with Crippen molar-refractivity contribution in [3.05, 3.63) is 59.7 Å². The normalized spacial score (nSPS) is 10.9. The molecule has 0 aliphatic rings. The predicted octanol–water partition coefficient (Wildman–Crippen LogP) is 2.70. The Labute approximate surface area is 203 Å². The minimum Gasteiger partial charge on any atom is -0.497 e. The van der Waals surface area contributed by atoms with Crippen molar-refractivity contribution in [3.63, 3.8) is 0 Å². The van der Waals surface area contributed by atoms with Gasteiger partial charge in [-0.25, -0.2) is 10.1 Å². The number of benzene rings is 2. The quantitative estimate of drug-likeness (QED) is 0.156. The third-order valence-corrected chi connectivity index (χ3v) is 5.99. The number of nitrogens with two attached hydrogens (primary N) is 1. The zero-order valence-corrected chi connectivity index (χ0v) is 20.4. The SMILES string of the molecule is CCN(CC)c1ccc(/C=N/Nc2nnc(SCC(=O)NCc3ccc(OC)cc3)n2N)cc1. The van der Waals surface area contributed by atoms with Crippen LogP contribution in [0.15, 0.2) is 58.8 Å². The summed E-state index contributed by atoms with van der Waals surface area (Å²) in [6.07, 6.45) is 1.68. The number of nitrogens with zero attached hydrogens (tertiary/aromatic N) is 5. The summed E-state index contributed by atoms with van der Waals surface area (Å²) >= 11 is 1.19. The largest absolute Gasteiger partial charge is 0.497 e. The van der Waals surface area contributed by atoms with Crippen LogP contribution in [0.3, 0.4) is 0 Å². The van der Waals surface area contributed by atoms with Crippen molar-refractivity contribution < 1.29 is 9.53 Å². The fourth-order valence-electron chi connectivity index (χ4n) is 3.10. The lowest BCUT2D eigenvalue weighted by molar-refractivity contribution is -0.118. The highest BCUT2D eigenvalue weighted by Crippen LogP contribution is 2.17. The van der Waals surface area contributed by atoms with Crippen LogP contribution in [-0.4, -0.2) is 52.9 Å². The van der Waals surface area contributed by atoms with Gasteiger partial charge in [0.25, 0.3) is 5.95 Å². The van der Waals surface area contributed by atoms with Gasteiger partial charge in [-0.3, -0.25) is 4.79 Å². The Bertz CT molecular complexity index is 1080. The van der Waals surface area contributed by atoms with E-state index in [9.17, 15) is 4.79 Å². The van der Waals surface area contributed by atoms with Gasteiger partial charge in [-0.15, -0.1) is 10.2 Å². The maximum Gasteiger partial charge on any atom is 0.264 e. The first-order chi connectivity index (χ1) is 16.5. The molecule has 0 atom stereocenters. The number of thioether (sulfide) groups is 1. The second-order valence-corrected chi connectivity index (χ2v) is 8.17. The fourth-order valence-corrected chi connectivity index (χ4v) is 3.79. The summed E-state index contributed by atoms with van der Waals surface area (Å²) < 4.78 is 6.40. The second-order valence-electron chi connectivity index (χ2n) is 7.22. The highest BCUT2D eigenvalue weighted by atomic mass is 32.2. The number of carbonyl (C=O) groups excluding carboxylic acids is 1. The Morgan fingerprint density at radius 1 is 1.15 bits per heavy atom. The molecule has 0 aliphatic heterocycles. The Morgan fingerprint density at radius 3 is 2.50 bits per heavy atom. The Kier molecular flexibility index (Phi) is 9.15. The number of methoxy groups -OCH3 is 1. The van der Waals surface area contributed by atoms with E-state index < -0.39 is 0 Å². The van der Waals surface area contributed by atoms with Crippen molar-refractivity contribution in [1.82, 2.24) is 20.2 Å². The number of nitrogen functional groups attached to an aromatic ring is 1. The first-order valence-electron chi connectivity index (χ1n) is 10.9. The van der Waals surface area contributed by atoms with Gasteiger partial charge < -0.3 is 20.8 Å². The van der Waals surface area contributed by atoms with Crippen molar-refractivity contribution in [2.75, 3.05) is 42.1 Å². The lowest BCUT2D eigenvalue weighted by atomic mass is 10.2. The molecular weight excluding hydrogens is 452 g/mol. The zero-order chi connectivity index (χ0) is 24.3. The van der Waals surface area contributed by atoms with Crippen LogP contribution in [0, 0.1) is 0 Å². The number of hydrazone groups is 1. The summed E-state index contributed by atoms with van der Waals surface area (Å²) in [5.74, 6) is 7.10. The predicted molar refractivity (Wildman–Crippen MR) is 137 cm³/mol. The molecule has 10 nitrogen and oxygen atoms in total. The van der Waals surface area contributed by atoms with Crippen LogP contribution >= 0.6 is 11.8 Å². The van der Waals surface area contributed by atoms with E-state index in [1.165, 1.54) is 22.1 Å². The van der Waals surface area contributed by atoms with Gasteiger partial charge in [0, 0.05) is 25.3 Å². The smallest absolute Gasteiger partial charge is 0.264 e. The van der Waals surface area contributed by atoms with Crippen molar-refractivity contribution in [2.24, 2.45) is 5.10 Å². The van der Waals surface area contributed by atoms with Crippen molar-refractivity contribution >= 4 is 35.5 Å². The molecule has 3 aromatic rings. The molecule has 4 N–H and O–H groups in total. The molecule has 0 saturated carbocycles. The van der Waals surface area contributed by atoms with Gasteiger partial charge in [-0.2, -0.15) is 5.10 Å². The number of hydrogen-bond donors (Lipinski definition) is 3. The Morgan fingerprint density at radius 2 is 1.85 bits per heavy atom. The van der Waals surface area contributed by atoms with E-state index in [1.807, 2.05) is 36.4 Å². The second kappa shape index (κ2) is 12.5. The van der Waals surface area contributed by atoms with Crippen LogP contribution in [0.1, 0.15) is 25.0 Å². The maximum absolute atomic E-state index is 12.2. The molecule has 0 radical (unpaired) electrons. The molecule has 0 fully saturated rings. The molecule has 3 rings (SSSR count). The van der Waals surface area contributed by atoms with Gasteiger partial charge in [0.1, 0.15) is 5.75 Å². The van der Waals surface area contributed by atoms with E-state index in [-0.39, 0.29) is 17.6 Å². The molecule has 0 saturated heterocycles. The van der Waals surface area contributed by atoms with Crippen LogP contribution in [0.5, 0.6) is 5.75 Å². The van der Waals surface area contributed by atoms with Gasteiger partial charge in [0.05, 0.1) is 19.1 Å². The van der Waals surface area contributed by atoms with Gasteiger partial charge >= 0.3 is 0 Å². The summed E-state index contributed by atoms with van der Waals surface area (Å²) in [6, 6.07) is 15.6.